The van der Waals surface area contributed by atoms with Gasteiger partial charge in [-0.25, -0.2) is 4.98 Å². The third-order valence-corrected chi connectivity index (χ3v) is 5.01. The molecule has 0 radical (unpaired) electrons. The van der Waals surface area contributed by atoms with Gasteiger partial charge in [0.1, 0.15) is 5.82 Å². The highest BCUT2D eigenvalue weighted by Crippen LogP contribution is 2.25. The molecule has 3 rings (SSSR count). The monoisotopic (exact) mass is 368 g/mol. The van der Waals surface area contributed by atoms with Crippen molar-refractivity contribution in [3.8, 4) is 0 Å². The minimum atomic E-state index is 0.587. The van der Waals surface area contributed by atoms with Crippen molar-refractivity contribution in [1.29, 1.82) is 0 Å². The summed E-state index contributed by atoms with van der Waals surface area (Å²) in [5.74, 6) is 1.47. The van der Waals surface area contributed by atoms with Gasteiger partial charge in [-0.05, 0) is 50.6 Å². The number of hydrogen-bond acceptors (Lipinski definition) is 6. The molecule has 0 spiro atoms. The third-order valence-electron chi connectivity index (χ3n) is 5.01. The number of rotatable bonds is 7. The van der Waals surface area contributed by atoms with Crippen LogP contribution in [0.5, 0.6) is 0 Å². The highest BCUT2D eigenvalue weighted by atomic mass is 16.1. The Kier molecular flexibility index (Phi) is 6.11. The fourth-order valence-electron chi connectivity index (χ4n) is 3.34. The van der Waals surface area contributed by atoms with Crippen LogP contribution < -0.4 is 15.1 Å². The quantitative estimate of drug-likeness (QED) is 0.758. The van der Waals surface area contributed by atoms with Gasteiger partial charge in [0.25, 0.3) is 0 Å². The molecular formula is C20H28N6O. The van der Waals surface area contributed by atoms with E-state index in [1.807, 2.05) is 6.07 Å². The fourth-order valence-corrected chi connectivity index (χ4v) is 3.34. The zero-order valence-corrected chi connectivity index (χ0v) is 16.4. The molecule has 0 saturated carbocycles. The van der Waals surface area contributed by atoms with Crippen LogP contribution in [0.2, 0.25) is 0 Å². The van der Waals surface area contributed by atoms with Crippen molar-refractivity contribution in [3.63, 3.8) is 0 Å². The van der Waals surface area contributed by atoms with Crippen molar-refractivity contribution >= 4 is 29.6 Å². The Morgan fingerprint density at radius 2 is 1.89 bits per heavy atom. The molecule has 1 N–H and O–H groups in total. The van der Waals surface area contributed by atoms with E-state index in [1.54, 1.807) is 11.1 Å². The van der Waals surface area contributed by atoms with Crippen molar-refractivity contribution in [2.75, 3.05) is 54.4 Å². The van der Waals surface area contributed by atoms with Crippen LogP contribution in [0.1, 0.15) is 19.4 Å². The van der Waals surface area contributed by atoms with Crippen LogP contribution in [0.15, 0.2) is 30.5 Å². The Labute approximate surface area is 161 Å². The van der Waals surface area contributed by atoms with Gasteiger partial charge in [-0.3, -0.25) is 4.79 Å². The Balaban J connectivity index is 1.72. The molecule has 2 heterocycles. The average Bonchev–Trinajstić information content (AvgIpc) is 2.71. The average molecular weight is 368 g/mol. The predicted octanol–water partition coefficient (Wildman–Crippen LogP) is 2.65. The first kappa shape index (κ1) is 18.9. The van der Waals surface area contributed by atoms with Crippen LogP contribution >= 0.6 is 0 Å². The van der Waals surface area contributed by atoms with E-state index in [4.69, 9.17) is 0 Å². The largest absolute Gasteiger partial charge is 0.372 e. The number of anilines is 4. The molecule has 0 aliphatic carbocycles. The number of nitrogens with zero attached hydrogens (tertiary/aromatic N) is 5. The third kappa shape index (κ3) is 4.48. The van der Waals surface area contributed by atoms with Crippen LogP contribution in [-0.2, 0) is 4.79 Å². The van der Waals surface area contributed by atoms with Gasteiger partial charge >= 0.3 is 0 Å². The van der Waals surface area contributed by atoms with Crippen LogP contribution in [0, 0.1) is 6.92 Å². The Morgan fingerprint density at radius 3 is 2.52 bits per heavy atom. The Bertz CT molecular complexity index is 769. The minimum Gasteiger partial charge on any atom is -0.372 e. The zero-order chi connectivity index (χ0) is 19.2. The Morgan fingerprint density at radius 1 is 1.15 bits per heavy atom. The van der Waals surface area contributed by atoms with Gasteiger partial charge in [-0.1, -0.05) is 0 Å². The molecule has 1 aromatic carbocycles. The summed E-state index contributed by atoms with van der Waals surface area (Å²) in [4.78, 5) is 26.2. The number of nitrogens with one attached hydrogen (secondary N) is 1. The SMILES string of the molecule is CCN(CC)c1ccc(Nc2nccc(N3CCN(C=O)CC3)n2)c(C)c1. The lowest BCUT2D eigenvalue weighted by Crippen LogP contribution is -2.46. The number of carbonyl (C=O) groups excluding carboxylic acids is 1. The molecule has 27 heavy (non-hydrogen) atoms. The molecule has 1 saturated heterocycles. The number of hydrogen-bond donors (Lipinski definition) is 1. The van der Waals surface area contributed by atoms with Crippen LogP contribution in [0.3, 0.4) is 0 Å². The van der Waals surface area contributed by atoms with Crippen molar-refractivity contribution in [2.24, 2.45) is 0 Å². The molecule has 1 aliphatic heterocycles. The maximum Gasteiger partial charge on any atom is 0.229 e. The van der Waals surface area contributed by atoms with E-state index in [0.29, 0.717) is 5.95 Å². The second-order valence-corrected chi connectivity index (χ2v) is 6.66. The highest BCUT2D eigenvalue weighted by Gasteiger charge is 2.17. The summed E-state index contributed by atoms with van der Waals surface area (Å²) >= 11 is 0. The van der Waals surface area contributed by atoms with Gasteiger partial charge in [0, 0.05) is 56.8 Å². The lowest BCUT2D eigenvalue weighted by Gasteiger charge is -2.33. The lowest BCUT2D eigenvalue weighted by atomic mass is 10.1. The summed E-state index contributed by atoms with van der Waals surface area (Å²) in [6.07, 6.45) is 2.69. The number of amides is 1. The molecule has 1 amide bonds. The number of carbonyl (C=O) groups is 1. The van der Waals surface area contributed by atoms with Gasteiger partial charge in [-0.15, -0.1) is 0 Å². The normalized spacial score (nSPS) is 14.2. The molecule has 0 bridgehead atoms. The molecule has 1 aliphatic rings. The smallest absolute Gasteiger partial charge is 0.229 e. The number of piperazine rings is 1. The first-order chi connectivity index (χ1) is 13.1. The maximum absolute atomic E-state index is 10.9. The van der Waals surface area contributed by atoms with Gasteiger partial charge < -0.3 is 20.0 Å². The molecule has 2 aromatic rings. The van der Waals surface area contributed by atoms with E-state index in [-0.39, 0.29) is 0 Å². The lowest BCUT2D eigenvalue weighted by molar-refractivity contribution is -0.118. The summed E-state index contributed by atoms with van der Waals surface area (Å²) in [5.41, 5.74) is 3.40. The van der Waals surface area contributed by atoms with Gasteiger partial charge in [0.2, 0.25) is 12.4 Å². The van der Waals surface area contributed by atoms with Gasteiger partial charge in [-0.2, -0.15) is 4.98 Å². The molecule has 0 unspecified atom stereocenters. The number of benzene rings is 1. The molecule has 1 fully saturated rings. The van der Waals surface area contributed by atoms with Crippen LogP contribution in [0.25, 0.3) is 0 Å². The van der Waals surface area contributed by atoms with E-state index in [1.165, 1.54) is 5.69 Å². The fraction of sp³-hybridized carbons (Fsp3) is 0.450. The predicted molar refractivity (Wildman–Crippen MR) is 110 cm³/mol. The van der Waals surface area contributed by atoms with E-state index < -0.39 is 0 Å². The summed E-state index contributed by atoms with van der Waals surface area (Å²) in [7, 11) is 0. The van der Waals surface area contributed by atoms with Crippen molar-refractivity contribution in [2.45, 2.75) is 20.8 Å². The summed E-state index contributed by atoms with van der Waals surface area (Å²) in [5, 5.41) is 3.34. The second-order valence-electron chi connectivity index (χ2n) is 6.66. The van der Waals surface area contributed by atoms with E-state index >= 15 is 0 Å². The minimum absolute atomic E-state index is 0.587. The molecule has 0 atom stereocenters. The van der Waals surface area contributed by atoms with Crippen LogP contribution in [0.4, 0.5) is 23.1 Å². The number of aromatic nitrogens is 2. The van der Waals surface area contributed by atoms with Gasteiger partial charge in [0.05, 0.1) is 0 Å². The molecule has 1 aromatic heterocycles. The second kappa shape index (κ2) is 8.70. The van der Waals surface area contributed by atoms with Crippen LogP contribution in [-0.4, -0.2) is 60.5 Å². The first-order valence-electron chi connectivity index (χ1n) is 9.54. The van der Waals surface area contributed by atoms with Gasteiger partial charge in [0.15, 0.2) is 0 Å². The maximum atomic E-state index is 10.9. The van der Waals surface area contributed by atoms with Crippen molar-refractivity contribution in [3.05, 3.63) is 36.0 Å². The number of aryl methyl sites for hydroxylation is 1. The topological polar surface area (TPSA) is 64.6 Å². The first-order valence-corrected chi connectivity index (χ1v) is 9.54. The van der Waals surface area contributed by atoms with E-state index in [0.717, 1.165) is 62.7 Å². The Hall–Kier alpha value is -2.83. The summed E-state index contributed by atoms with van der Waals surface area (Å²) < 4.78 is 0. The zero-order valence-electron chi connectivity index (χ0n) is 16.4. The molecule has 7 nitrogen and oxygen atoms in total. The molecular weight excluding hydrogens is 340 g/mol. The summed E-state index contributed by atoms with van der Waals surface area (Å²) in [6, 6.07) is 8.32. The van der Waals surface area contributed by atoms with E-state index in [9.17, 15) is 4.79 Å². The molecule has 7 heteroatoms. The molecule has 144 valence electrons. The summed E-state index contributed by atoms with van der Waals surface area (Å²) in [6.45, 7) is 11.4. The van der Waals surface area contributed by atoms with Crippen molar-refractivity contribution in [1.82, 2.24) is 14.9 Å². The van der Waals surface area contributed by atoms with Crippen molar-refractivity contribution < 1.29 is 4.79 Å². The van der Waals surface area contributed by atoms with E-state index in [2.05, 4.69) is 64.1 Å². The standard InChI is InChI=1S/C20H28N6O/c1-4-25(5-2)17-6-7-18(16(3)14-17)22-20-21-9-8-19(23-20)26-12-10-24(15-27)11-13-26/h6-9,14-15H,4-5,10-13H2,1-3H3,(H,21,22,23). The highest BCUT2D eigenvalue weighted by molar-refractivity contribution is 5.64.